The zero-order chi connectivity index (χ0) is 24.9. The molecule has 8 nitrogen and oxygen atoms in total. The predicted octanol–water partition coefficient (Wildman–Crippen LogP) is 2.24. The van der Waals surface area contributed by atoms with Gasteiger partial charge in [0, 0.05) is 32.5 Å². The Kier molecular flexibility index (Phi) is 6.27. The van der Waals surface area contributed by atoms with Gasteiger partial charge in [-0.1, -0.05) is 24.3 Å². The van der Waals surface area contributed by atoms with Gasteiger partial charge in [0.2, 0.25) is 11.8 Å². The van der Waals surface area contributed by atoms with E-state index in [0.29, 0.717) is 19.4 Å². The molecular weight excluding hydrogens is 464 g/mol. The van der Waals surface area contributed by atoms with Crippen molar-refractivity contribution in [3.05, 3.63) is 41.0 Å². The van der Waals surface area contributed by atoms with Crippen molar-refractivity contribution in [3.8, 4) is 10.4 Å². The summed E-state index contributed by atoms with van der Waals surface area (Å²) in [6, 6.07) is 6.98. The first-order chi connectivity index (χ1) is 16.7. The third kappa shape index (κ3) is 4.19. The number of nitrogens with one attached hydrogen (secondary N) is 1. The van der Waals surface area contributed by atoms with E-state index in [4.69, 9.17) is 0 Å². The lowest BCUT2D eigenvalue weighted by Crippen LogP contribution is -2.54. The number of ketones is 1. The number of thiazole rings is 1. The molecule has 2 N–H and O–H groups in total. The lowest BCUT2D eigenvalue weighted by molar-refractivity contribution is -0.144. The second kappa shape index (κ2) is 9.11. The van der Waals surface area contributed by atoms with Crippen LogP contribution in [0.3, 0.4) is 0 Å². The Morgan fingerprint density at radius 1 is 1.23 bits per heavy atom. The molecule has 0 aliphatic carbocycles. The SMILES string of the molecule is CC(=O)N1CCC[C@H]1C(=O)N1C[C@H](O)C[C@@H]1C1CC(=O)[C@](C)(c2ccc(-c3scnc3C)cc2)N1. The largest absolute Gasteiger partial charge is 0.391 e. The first kappa shape index (κ1) is 24.1. The summed E-state index contributed by atoms with van der Waals surface area (Å²) in [4.78, 5) is 47.6. The normalized spacial score (nSPS) is 30.9. The van der Waals surface area contributed by atoms with Crippen molar-refractivity contribution in [2.75, 3.05) is 13.1 Å². The Bertz CT molecular complexity index is 1150. The van der Waals surface area contributed by atoms with Crippen molar-refractivity contribution >= 4 is 28.9 Å². The fourth-order valence-corrected chi connectivity index (χ4v) is 6.80. The molecule has 3 aliphatic rings. The fraction of sp³-hybridized carbons (Fsp3) is 0.538. The molecule has 1 aromatic carbocycles. The van der Waals surface area contributed by atoms with Gasteiger partial charge >= 0.3 is 0 Å². The van der Waals surface area contributed by atoms with E-state index in [0.717, 1.165) is 28.1 Å². The predicted molar refractivity (Wildman–Crippen MR) is 133 cm³/mol. The van der Waals surface area contributed by atoms with E-state index in [1.165, 1.54) is 6.92 Å². The van der Waals surface area contributed by atoms with E-state index in [2.05, 4.69) is 10.3 Å². The van der Waals surface area contributed by atoms with Gasteiger partial charge in [-0.25, -0.2) is 4.98 Å². The van der Waals surface area contributed by atoms with Crippen LogP contribution in [0.15, 0.2) is 29.8 Å². The van der Waals surface area contributed by atoms with Gasteiger partial charge in [0.25, 0.3) is 0 Å². The maximum atomic E-state index is 13.5. The topological polar surface area (TPSA) is 103 Å². The minimum atomic E-state index is -0.868. The molecule has 3 fully saturated rings. The number of amides is 2. The summed E-state index contributed by atoms with van der Waals surface area (Å²) in [5.41, 5.74) is 3.90. The number of rotatable bonds is 4. The van der Waals surface area contributed by atoms with Crippen LogP contribution in [0, 0.1) is 6.92 Å². The molecule has 9 heteroatoms. The van der Waals surface area contributed by atoms with E-state index >= 15 is 0 Å². The molecule has 0 spiro atoms. The molecule has 3 aliphatic heterocycles. The molecule has 2 aromatic rings. The molecule has 0 radical (unpaired) electrons. The van der Waals surface area contributed by atoms with E-state index in [1.807, 2.05) is 43.6 Å². The summed E-state index contributed by atoms with van der Waals surface area (Å²) in [6.07, 6.45) is 1.50. The summed E-state index contributed by atoms with van der Waals surface area (Å²) < 4.78 is 0. The van der Waals surface area contributed by atoms with Gasteiger partial charge < -0.3 is 14.9 Å². The maximum absolute atomic E-state index is 13.5. The van der Waals surface area contributed by atoms with Crippen LogP contribution in [0.1, 0.15) is 50.8 Å². The Morgan fingerprint density at radius 2 is 1.97 bits per heavy atom. The van der Waals surface area contributed by atoms with Gasteiger partial charge in [-0.05, 0) is 44.2 Å². The number of aliphatic hydroxyl groups excluding tert-OH is 1. The van der Waals surface area contributed by atoms with Crippen molar-refractivity contribution in [1.29, 1.82) is 0 Å². The van der Waals surface area contributed by atoms with Crippen molar-refractivity contribution in [3.63, 3.8) is 0 Å². The number of Topliss-reactive ketones (excluding diaryl/α,β-unsaturated/α-hetero) is 1. The van der Waals surface area contributed by atoms with Gasteiger partial charge in [0.1, 0.15) is 11.6 Å². The van der Waals surface area contributed by atoms with Gasteiger partial charge in [-0.2, -0.15) is 0 Å². The highest BCUT2D eigenvalue weighted by Crippen LogP contribution is 2.37. The van der Waals surface area contributed by atoms with Crippen molar-refractivity contribution in [1.82, 2.24) is 20.1 Å². The lowest BCUT2D eigenvalue weighted by Gasteiger charge is -2.34. The number of likely N-dealkylation sites (tertiary alicyclic amines) is 2. The number of carbonyl (C=O) groups excluding carboxylic acids is 3. The molecule has 186 valence electrons. The van der Waals surface area contributed by atoms with Gasteiger partial charge in [0.15, 0.2) is 5.78 Å². The molecule has 4 heterocycles. The van der Waals surface area contributed by atoms with E-state index < -0.39 is 17.7 Å². The van der Waals surface area contributed by atoms with Gasteiger partial charge in [-0.15, -0.1) is 11.3 Å². The number of nitrogens with zero attached hydrogens (tertiary/aromatic N) is 3. The number of hydrogen-bond acceptors (Lipinski definition) is 7. The van der Waals surface area contributed by atoms with Crippen LogP contribution in [0.2, 0.25) is 0 Å². The number of aliphatic hydroxyl groups is 1. The molecule has 1 unspecified atom stereocenters. The maximum Gasteiger partial charge on any atom is 0.245 e. The third-order valence-corrected chi connectivity index (χ3v) is 8.90. The molecule has 5 atom stereocenters. The highest BCUT2D eigenvalue weighted by atomic mass is 32.1. The summed E-state index contributed by atoms with van der Waals surface area (Å²) in [7, 11) is 0. The van der Waals surface area contributed by atoms with Gasteiger partial charge in [0.05, 0.1) is 28.2 Å². The number of aryl methyl sites for hydroxylation is 1. The second-order valence-electron chi connectivity index (χ2n) is 10.2. The number of benzene rings is 1. The fourth-order valence-electron chi connectivity index (χ4n) is 5.99. The van der Waals surface area contributed by atoms with Gasteiger partial charge in [-0.3, -0.25) is 19.7 Å². The Labute approximate surface area is 209 Å². The number of aromatic nitrogens is 1. The quantitative estimate of drug-likeness (QED) is 0.673. The minimum absolute atomic E-state index is 0.0734. The van der Waals surface area contributed by atoms with Crippen LogP contribution in [0.4, 0.5) is 0 Å². The summed E-state index contributed by atoms with van der Waals surface area (Å²) in [5, 5.41) is 14.0. The van der Waals surface area contributed by atoms with E-state index in [1.54, 1.807) is 21.1 Å². The zero-order valence-corrected chi connectivity index (χ0v) is 21.2. The van der Waals surface area contributed by atoms with Crippen LogP contribution < -0.4 is 5.32 Å². The molecule has 35 heavy (non-hydrogen) atoms. The van der Waals surface area contributed by atoms with Crippen LogP contribution in [-0.4, -0.2) is 74.8 Å². The Morgan fingerprint density at radius 3 is 2.63 bits per heavy atom. The van der Waals surface area contributed by atoms with Crippen LogP contribution in [-0.2, 0) is 19.9 Å². The molecule has 2 amide bonds. The number of β-amino-alcohol motifs (C(OH)–C–C–N with tert-alkyl or cyclic N) is 1. The first-order valence-electron chi connectivity index (χ1n) is 12.3. The van der Waals surface area contributed by atoms with E-state index in [-0.39, 0.29) is 42.6 Å². The lowest BCUT2D eigenvalue weighted by atomic mass is 9.88. The number of carbonyl (C=O) groups is 3. The molecular formula is C26H32N4O4S. The molecule has 0 saturated carbocycles. The average Bonchev–Trinajstić information content (AvgIpc) is 3.61. The van der Waals surface area contributed by atoms with E-state index in [9.17, 15) is 19.5 Å². The zero-order valence-electron chi connectivity index (χ0n) is 20.4. The standard InChI is InChI=1S/C26H32N4O4S/c1-15-24(35-14-27-15)17-6-8-18(9-7-17)26(3)23(33)12-20(28-26)22-11-19(32)13-30(22)25(34)21-5-4-10-29(21)16(2)31/h6-9,14,19-22,28,32H,4-5,10-13H2,1-3H3/t19-,20?,21+,22-,26+/m1/s1. The van der Waals surface area contributed by atoms with Crippen LogP contribution in [0.25, 0.3) is 10.4 Å². The molecule has 5 rings (SSSR count). The molecule has 0 bridgehead atoms. The summed E-state index contributed by atoms with van der Waals surface area (Å²) >= 11 is 1.59. The second-order valence-corrected chi connectivity index (χ2v) is 11.0. The molecule has 1 aromatic heterocycles. The highest BCUT2D eigenvalue weighted by Gasteiger charge is 2.51. The van der Waals surface area contributed by atoms with Crippen LogP contribution in [0.5, 0.6) is 0 Å². The van der Waals surface area contributed by atoms with Crippen LogP contribution >= 0.6 is 11.3 Å². The Balaban J connectivity index is 1.35. The smallest absolute Gasteiger partial charge is 0.245 e. The Hall–Kier alpha value is -2.62. The number of hydrogen-bond donors (Lipinski definition) is 2. The highest BCUT2D eigenvalue weighted by molar-refractivity contribution is 7.13. The van der Waals surface area contributed by atoms with Crippen molar-refractivity contribution in [2.24, 2.45) is 0 Å². The monoisotopic (exact) mass is 496 g/mol. The first-order valence-corrected chi connectivity index (χ1v) is 13.1. The summed E-state index contributed by atoms with van der Waals surface area (Å²) in [6.45, 7) is 6.19. The van der Waals surface area contributed by atoms with Crippen molar-refractivity contribution < 1.29 is 19.5 Å². The third-order valence-electron chi connectivity index (χ3n) is 7.92. The average molecular weight is 497 g/mol. The summed E-state index contributed by atoms with van der Waals surface area (Å²) in [5.74, 6) is -0.147. The molecule has 3 saturated heterocycles. The minimum Gasteiger partial charge on any atom is -0.391 e. The van der Waals surface area contributed by atoms with Crippen molar-refractivity contribution in [2.45, 2.75) is 76.2 Å².